The van der Waals surface area contributed by atoms with Crippen molar-refractivity contribution in [3.63, 3.8) is 0 Å². The van der Waals surface area contributed by atoms with E-state index in [0.717, 1.165) is 12.1 Å². The first-order chi connectivity index (χ1) is 10.8. The predicted molar refractivity (Wildman–Crippen MR) is 78.1 cm³/mol. The molecule has 0 saturated heterocycles. The van der Waals surface area contributed by atoms with Gasteiger partial charge in [0.1, 0.15) is 0 Å². The van der Waals surface area contributed by atoms with Gasteiger partial charge in [-0.3, -0.25) is 4.79 Å². The van der Waals surface area contributed by atoms with Crippen molar-refractivity contribution in [2.24, 2.45) is 0 Å². The van der Waals surface area contributed by atoms with Gasteiger partial charge in [0.05, 0.1) is 11.3 Å². The van der Waals surface area contributed by atoms with Gasteiger partial charge in [-0.1, -0.05) is 25.1 Å². The number of alkyl halides is 3. The Morgan fingerprint density at radius 2 is 2.09 bits per heavy atom. The highest BCUT2D eigenvalue weighted by molar-refractivity contribution is 5.92. The van der Waals surface area contributed by atoms with Crippen molar-refractivity contribution in [1.82, 2.24) is 10.3 Å². The number of aryl methyl sites for hydroxylation is 2. The van der Waals surface area contributed by atoms with E-state index in [4.69, 9.17) is 4.42 Å². The number of carbonyl (C=O) groups is 1. The molecule has 0 unspecified atom stereocenters. The molecule has 0 radical (unpaired) electrons. The van der Waals surface area contributed by atoms with Gasteiger partial charge < -0.3 is 9.73 Å². The number of halogens is 3. The van der Waals surface area contributed by atoms with Gasteiger partial charge in [-0.25, -0.2) is 4.98 Å². The number of amides is 1. The fourth-order valence-corrected chi connectivity index (χ4v) is 2.12. The Kier molecular flexibility index (Phi) is 5.08. The average molecular weight is 326 g/mol. The summed E-state index contributed by atoms with van der Waals surface area (Å²) >= 11 is 0. The second-order valence-corrected chi connectivity index (χ2v) is 5.08. The van der Waals surface area contributed by atoms with Gasteiger partial charge in [0.2, 0.25) is 5.76 Å². The molecular formula is C16H17F3N2O2. The fourth-order valence-electron chi connectivity index (χ4n) is 2.12. The molecule has 0 aliphatic heterocycles. The smallest absolute Gasteiger partial charge is 0.416 e. The Balaban J connectivity index is 1.94. The van der Waals surface area contributed by atoms with Crippen LogP contribution in [0.3, 0.4) is 0 Å². The molecule has 1 aromatic heterocycles. The lowest BCUT2D eigenvalue weighted by Crippen LogP contribution is -2.26. The van der Waals surface area contributed by atoms with Crippen molar-refractivity contribution in [2.45, 2.75) is 32.9 Å². The minimum atomic E-state index is -4.37. The Bertz CT molecular complexity index is 693. The number of nitrogens with one attached hydrogen (secondary N) is 1. The zero-order chi connectivity index (χ0) is 17.0. The topological polar surface area (TPSA) is 55.1 Å². The second-order valence-electron chi connectivity index (χ2n) is 5.08. The summed E-state index contributed by atoms with van der Waals surface area (Å²) in [4.78, 5) is 16.1. The molecule has 2 aromatic rings. The van der Waals surface area contributed by atoms with E-state index >= 15 is 0 Å². The first-order valence-electron chi connectivity index (χ1n) is 7.22. The van der Waals surface area contributed by atoms with Gasteiger partial charge in [0.25, 0.3) is 5.91 Å². The number of rotatable bonds is 5. The summed E-state index contributed by atoms with van der Waals surface area (Å²) in [6.45, 7) is 3.74. The van der Waals surface area contributed by atoms with E-state index in [0.29, 0.717) is 30.0 Å². The minimum absolute atomic E-state index is 0.144. The Morgan fingerprint density at radius 1 is 1.35 bits per heavy atom. The molecule has 124 valence electrons. The molecule has 1 N–H and O–H groups in total. The normalized spacial score (nSPS) is 11.5. The van der Waals surface area contributed by atoms with E-state index < -0.39 is 17.6 Å². The summed E-state index contributed by atoms with van der Waals surface area (Å²) < 4.78 is 43.2. The van der Waals surface area contributed by atoms with Crippen LogP contribution in [0.2, 0.25) is 0 Å². The van der Waals surface area contributed by atoms with Crippen molar-refractivity contribution in [1.29, 1.82) is 0 Å². The van der Waals surface area contributed by atoms with Crippen molar-refractivity contribution in [3.8, 4) is 0 Å². The van der Waals surface area contributed by atoms with Crippen molar-refractivity contribution in [3.05, 3.63) is 52.7 Å². The van der Waals surface area contributed by atoms with Crippen LogP contribution in [-0.2, 0) is 19.0 Å². The number of benzene rings is 1. The quantitative estimate of drug-likeness (QED) is 0.914. The zero-order valence-corrected chi connectivity index (χ0v) is 12.8. The molecule has 0 bridgehead atoms. The molecule has 0 aliphatic rings. The molecule has 0 fully saturated rings. The molecule has 7 heteroatoms. The maximum Gasteiger partial charge on any atom is 0.416 e. The van der Waals surface area contributed by atoms with Crippen molar-refractivity contribution >= 4 is 5.91 Å². The van der Waals surface area contributed by atoms with Gasteiger partial charge in [-0.2, -0.15) is 13.2 Å². The molecule has 4 nitrogen and oxygen atoms in total. The van der Waals surface area contributed by atoms with Gasteiger partial charge in [0, 0.05) is 13.0 Å². The monoisotopic (exact) mass is 326 g/mol. The number of hydrogen-bond donors (Lipinski definition) is 1. The van der Waals surface area contributed by atoms with Gasteiger partial charge in [0.15, 0.2) is 5.89 Å². The molecule has 0 aliphatic carbocycles. The molecule has 2 rings (SSSR count). The van der Waals surface area contributed by atoms with E-state index in [1.165, 1.54) is 6.07 Å². The van der Waals surface area contributed by atoms with Crippen molar-refractivity contribution < 1.29 is 22.4 Å². The standard InChI is InChI=1S/C16H17F3N2O2/c1-3-13-21-10(2)14(23-13)15(22)20-8-7-11-5-4-6-12(9-11)16(17,18)19/h4-6,9H,3,7-8H2,1-2H3,(H,20,22). The SMILES string of the molecule is CCc1nc(C)c(C(=O)NCCc2cccc(C(F)(F)F)c2)o1. The van der Waals surface area contributed by atoms with Crippen LogP contribution in [0.1, 0.15) is 40.2 Å². The summed E-state index contributed by atoms with van der Waals surface area (Å²) in [5.41, 5.74) is 0.307. The third-order valence-corrected chi connectivity index (χ3v) is 3.30. The molecule has 23 heavy (non-hydrogen) atoms. The first kappa shape index (κ1) is 17.1. The molecule has 0 atom stereocenters. The molecule has 1 amide bonds. The van der Waals surface area contributed by atoms with Crippen LogP contribution in [0, 0.1) is 6.92 Å². The third-order valence-electron chi connectivity index (χ3n) is 3.30. The lowest BCUT2D eigenvalue weighted by Gasteiger charge is -2.09. The van der Waals surface area contributed by atoms with E-state index in [1.807, 2.05) is 6.92 Å². The minimum Gasteiger partial charge on any atom is -0.435 e. The molecule has 1 heterocycles. The maximum atomic E-state index is 12.6. The summed E-state index contributed by atoms with van der Waals surface area (Å²) in [6, 6.07) is 5.05. The molecule has 0 spiro atoms. The number of aromatic nitrogens is 1. The van der Waals surface area contributed by atoms with Gasteiger partial charge in [-0.15, -0.1) is 0 Å². The van der Waals surface area contributed by atoms with E-state index in [-0.39, 0.29) is 12.3 Å². The van der Waals surface area contributed by atoms with Crippen LogP contribution >= 0.6 is 0 Å². The van der Waals surface area contributed by atoms with E-state index in [2.05, 4.69) is 10.3 Å². The summed E-state index contributed by atoms with van der Waals surface area (Å²) in [5.74, 6) is 0.207. The number of carbonyl (C=O) groups excluding carboxylic acids is 1. The lowest BCUT2D eigenvalue weighted by atomic mass is 10.1. The van der Waals surface area contributed by atoms with E-state index in [9.17, 15) is 18.0 Å². The second kappa shape index (κ2) is 6.85. The first-order valence-corrected chi connectivity index (χ1v) is 7.22. The summed E-state index contributed by atoms with van der Waals surface area (Å²) in [5, 5.41) is 2.63. The van der Waals surface area contributed by atoms with E-state index in [1.54, 1.807) is 13.0 Å². The average Bonchev–Trinajstić information content (AvgIpc) is 2.88. The highest BCUT2D eigenvalue weighted by atomic mass is 19.4. The third kappa shape index (κ3) is 4.34. The molecule has 1 aromatic carbocycles. The highest BCUT2D eigenvalue weighted by Crippen LogP contribution is 2.29. The lowest BCUT2D eigenvalue weighted by molar-refractivity contribution is -0.137. The Hall–Kier alpha value is -2.31. The summed E-state index contributed by atoms with van der Waals surface area (Å²) in [7, 11) is 0. The van der Waals surface area contributed by atoms with Gasteiger partial charge in [-0.05, 0) is 25.0 Å². The predicted octanol–water partition coefficient (Wildman–Crippen LogP) is 3.54. The number of hydrogen-bond acceptors (Lipinski definition) is 3. The zero-order valence-electron chi connectivity index (χ0n) is 12.8. The van der Waals surface area contributed by atoms with Crippen LogP contribution < -0.4 is 5.32 Å². The van der Waals surface area contributed by atoms with Crippen LogP contribution in [0.15, 0.2) is 28.7 Å². The van der Waals surface area contributed by atoms with Gasteiger partial charge >= 0.3 is 6.18 Å². The highest BCUT2D eigenvalue weighted by Gasteiger charge is 2.30. The fraction of sp³-hybridized carbons (Fsp3) is 0.375. The van der Waals surface area contributed by atoms with Crippen LogP contribution in [0.5, 0.6) is 0 Å². The Morgan fingerprint density at radius 3 is 2.70 bits per heavy atom. The van der Waals surface area contributed by atoms with Crippen molar-refractivity contribution in [2.75, 3.05) is 6.54 Å². The van der Waals surface area contributed by atoms with Crippen LogP contribution in [-0.4, -0.2) is 17.4 Å². The Labute approximate surface area is 131 Å². The van der Waals surface area contributed by atoms with Crippen LogP contribution in [0.25, 0.3) is 0 Å². The number of nitrogens with zero attached hydrogens (tertiary/aromatic N) is 1. The molecular weight excluding hydrogens is 309 g/mol. The molecule has 0 saturated carbocycles. The van der Waals surface area contributed by atoms with Crippen LogP contribution in [0.4, 0.5) is 13.2 Å². The largest absolute Gasteiger partial charge is 0.435 e. The summed E-state index contributed by atoms with van der Waals surface area (Å²) in [6.07, 6.45) is -3.49. The number of oxazole rings is 1. The maximum absolute atomic E-state index is 12.6.